The number of hydrogen-bond donors (Lipinski definition) is 1. The van der Waals surface area contributed by atoms with E-state index in [4.69, 9.17) is 9.47 Å². The van der Waals surface area contributed by atoms with E-state index in [9.17, 15) is 9.59 Å². The third kappa shape index (κ3) is 6.89. The second-order valence-corrected chi connectivity index (χ2v) is 9.06. The Bertz CT molecular complexity index is 916. The molecule has 170 valence electrons. The van der Waals surface area contributed by atoms with Gasteiger partial charge in [0, 0.05) is 18.5 Å². The van der Waals surface area contributed by atoms with E-state index in [1.54, 1.807) is 4.90 Å². The van der Waals surface area contributed by atoms with Crippen LogP contribution < -0.4 is 5.32 Å². The molecule has 8 nitrogen and oxygen atoms in total. The van der Waals surface area contributed by atoms with Gasteiger partial charge in [0.2, 0.25) is 6.41 Å². The van der Waals surface area contributed by atoms with Gasteiger partial charge in [0.15, 0.2) is 0 Å². The Kier molecular flexibility index (Phi) is 7.95. The van der Waals surface area contributed by atoms with Crippen molar-refractivity contribution < 1.29 is 19.1 Å². The molecule has 1 N–H and O–H groups in total. The summed E-state index contributed by atoms with van der Waals surface area (Å²) >= 11 is 0. The molecule has 0 bridgehead atoms. The number of aryl methyl sites for hydroxylation is 2. The van der Waals surface area contributed by atoms with E-state index in [0.717, 1.165) is 22.2 Å². The zero-order valence-electron chi connectivity index (χ0n) is 19.6. The van der Waals surface area contributed by atoms with E-state index in [2.05, 4.69) is 15.3 Å². The van der Waals surface area contributed by atoms with Gasteiger partial charge in [0.25, 0.3) is 0 Å². The van der Waals surface area contributed by atoms with Crippen LogP contribution in [0, 0.1) is 13.8 Å². The van der Waals surface area contributed by atoms with E-state index < -0.39 is 11.1 Å². The Balaban J connectivity index is 0.000000233. The molecule has 1 saturated heterocycles. The summed E-state index contributed by atoms with van der Waals surface area (Å²) in [6, 6.07) is 6.00. The summed E-state index contributed by atoms with van der Waals surface area (Å²) in [5, 5.41) is 3.79. The first-order valence-corrected chi connectivity index (χ1v) is 10.5. The lowest BCUT2D eigenvalue weighted by atomic mass is 9.95. The molecular weight excluding hydrogens is 396 g/mol. The molecule has 0 saturated carbocycles. The average Bonchev–Trinajstić information content (AvgIpc) is 2.68. The lowest BCUT2D eigenvalue weighted by molar-refractivity contribution is -0.111. The molecule has 2 aromatic rings. The van der Waals surface area contributed by atoms with Crippen molar-refractivity contribution in [3.8, 4) is 0 Å². The van der Waals surface area contributed by atoms with Gasteiger partial charge in [0.05, 0.1) is 30.0 Å². The average molecular weight is 431 g/mol. The van der Waals surface area contributed by atoms with Crippen LogP contribution in [-0.2, 0) is 19.8 Å². The standard InChI is InChI=1S/C14H17N3O.C9H17NO3/c1-9-6-5-7-11-12(9)16-10(2)17-13(11)14(3,4)15-8-18;1-9(2,3)13-8(11)10-4-6-12-7-5-10/h5-8H,1-4H3,(H,15,18);4-7H2,1-3H3. The van der Waals surface area contributed by atoms with Gasteiger partial charge in [0.1, 0.15) is 11.4 Å². The predicted octanol–water partition coefficient (Wildman–Crippen LogP) is 3.48. The molecule has 8 heteroatoms. The number of rotatable bonds is 3. The molecule has 0 spiro atoms. The summed E-state index contributed by atoms with van der Waals surface area (Å²) in [7, 11) is 0. The second kappa shape index (κ2) is 10.0. The molecule has 0 radical (unpaired) electrons. The normalized spacial score (nSPS) is 14.5. The number of hydrogen-bond acceptors (Lipinski definition) is 6. The number of carbonyl (C=O) groups is 2. The van der Waals surface area contributed by atoms with Gasteiger partial charge < -0.3 is 19.7 Å². The highest BCUT2D eigenvalue weighted by molar-refractivity contribution is 5.84. The van der Waals surface area contributed by atoms with Crippen LogP contribution in [0.25, 0.3) is 10.9 Å². The summed E-state index contributed by atoms with van der Waals surface area (Å²) in [6.45, 7) is 15.9. The first-order chi connectivity index (χ1) is 14.4. The third-order valence-electron chi connectivity index (χ3n) is 4.71. The number of fused-ring (bicyclic) bond motifs is 1. The molecule has 0 unspecified atom stereocenters. The number of amides is 2. The number of ether oxygens (including phenoxy) is 2. The monoisotopic (exact) mass is 430 g/mol. The van der Waals surface area contributed by atoms with Crippen molar-refractivity contribution in [1.82, 2.24) is 20.2 Å². The minimum Gasteiger partial charge on any atom is -0.444 e. The quantitative estimate of drug-likeness (QED) is 0.750. The molecule has 1 aromatic carbocycles. The van der Waals surface area contributed by atoms with E-state index in [0.29, 0.717) is 38.5 Å². The number of carbonyl (C=O) groups excluding carboxylic acids is 2. The van der Waals surface area contributed by atoms with Gasteiger partial charge in [-0.05, 0) is 54.0 Å². The van der Waals surface area contributed by atoms with Crippen LogP contribution >= 0.6 is 0 Å². The molecule has 1 aliphatic rings. The number of aromatic nitrogens is 2. The van der Waals surface area contributed by atoms with Gasteiger partial charge >= 0.3 is 6.09 Å². The van der Waals surface area contributed by atoms with E-state index in [1.165, 1.54) is 0 Å². The van der Waals surface area contributed by atoms with E-state index in [-0.39, 0.29) is 6.09 Å². The Hall–Kier alpha value is -2.74. The Morgan fingerprint density at radius 3 is 2.35 bits per heavy atom. The maximum absolute atomic E-state index is 11.5. The minimum atomic E-state index is -0.512. The molecule has 1 aromatic heterocycles. The molecule has 2 heterocycles. The van der Waals surface area contributed by atoms with Crippen molar-refractivity contribution in [2.75, 3.05) is 26.3 Å². The van der Waals surface area contributed by atoms with Crippen LogP contribution in [0.1, 0.15) is 51.7 Å². The van der Waals surface area contributed by atoms with Crippen molar-refractivity contribution >= 4 is 23.4 Å². The Morgan fingerprint density at radius 2 is 1.77 bits per heavy atom. The number of benzene rings is 1. The summed E-state index contributed by atoms with van der Waals surface area (Å²) < 4.78 is 10.3. The topological polar surface area (TPSA) is 93.6 Å². The smallest absolute Gasteiger partial charge is 0.410 e. The van der Waals surface area contributed by atoms with Crippen LogP contribution in [0.4, 0.5) is 4.79 Å². The summed E-state index contributed by atoms with van der Waals surface area (Å²) in [5.74, 6) is 0.715. The van der Waals surface area contributed by atoms with Crippen molar-refractivity contribution in [2.45, 2.75) is 59.6 Å². The first kappa shape index (κ1) is 24.5. The minimum absolute atomic E-state index is 0.240. The van der Waals surface area contributed by atoms with Crippen molar-refractivity contribution in [3.63, 3.8) is 0 Å². The Morgan fingerprint density at radius 1 is 1.13 bits per heavy atom. The van der Waals surface area contributed by atoms with Gasteiger partial charge in [-0.3, -0.25) is 4.79 Å². The predicted molar refractivity (Wildman–Crippen MR) is 120 cm³/mol. The third-order valence-corrected chi connectivity index (χ3v) is 4.71. The second-order valence-electron chi connectivity index (χ2n) is 9.06. The fourth-order valence-corrected chi connectivity index (χ4v) is 3.17. The number of morpholine rings is 1. The summed E-state index contributed by atoms with van der Waals surface area (Å²) in [4.78, 5) is 32.8. The van der Waals surface area contributed by atoms with Gasteiger partial charge in [-0.1, -0.05) is 18.2 Å². The fourth-order valence-electron chi connectivity index (χ4n) is 3.17. The zero-order valence-corrected chi connectivity index (χ0v) is 19.6. The molecule has 31 heavy (non-hydrogen) atoms. The molecular formula is C23H34N4O4. The SMILES string of the molecule is CC(C)(C)OC(=O)N1CCOCC1.Cc1nc(C(C)(C)NC=O)c2cccc(C)c2n1. The summed E-state index contributed by atoms with van der Waals surface area (Å²) in [5.41, 5.74) is 1.99. The molecule has 3 rings (SSSR count). The van der Waals surface area contributed by atoms with Crippen LogP contribution in [0.15, 0.2) is 18.2 Å². The molecule has 0 atom stereocenters. The lowest BCUT2D eigenvalue weighted by Crippen LogP contribution is -2.43. The number of nitrogens with zero attached hydrogens (tertiary/aromatic N) is 3. The highest BCUT2D eigenvalue weighted by Crippen LogP contribution is 2.27. The summed E-state index contributed by atoms with van der Waals surface area (Å²) in [6.07, 6.45) is 0.467. The van der Waals surface area contributed by atoms with Crippen molar-refractivity contribution in [3.05, 3.63) is 35.3 Å². The number of nitrogens with one attached hydrogen (secondary N) is 1. The molecule has 1 aliphatic heterocycles. The first-order valence-electron chi connectivity index (χ1n) is 10.5. The maximum Gasteiger partial charge on any atom is 0.410 e. The highest BCUT2D eigenvalue weighted by atomic mass is 16.6. The Labute approximate surface area is 184 Å². The van der Waals surface area contributed by atoms with Crippen LogP contribution in [0.5, 0.6) is 0 Å². The van der Waals surface area contributed by atoms with E-state index in [1.807, 2.05) is 66.7 Å². The van der Waals surface area contributed by atoms with Gasteiger partial charge in [-0.15, -0.1) is 0 Å². The molecule has 2 amide bonds. The van der Waals surface area contributed by atoms with Crippen LogP contribution in [-0.4, -0.2) is 59.3 Å². The lowest BCUT2D eigenvalue weighted by Gasteiger charge is -2.29. The van der Waals surface area contributed by atoms with Crippen LogP contribution in [0.2, 0.25) is 0 Å². The highest BCUT2D eigenvalue weighted by Gasteiger charge is 2.25. The number of para-hydroxylation sites is 1. The largest absolute Gasteiger partial charge is 0.444 e. The molecule has 1 fully saturated rings. The van der Waals surface area contributed by atoms with Crippen LogP contribution in [0.3, 0.4) is 0 Å². The fraction of sp³-hybridized carbons (Fsp3) is 0.565. The van der Waals surface area contributed by atoms with Gasteiger partial charge in [-0.2, -0.15) is 0 Å². The van der Waals surface area contributed by atoms with Crippen molar-refractivity contribution in [1.29, 1.82) is 0 Å². The maximum atomic E-state index is 11.5. The zero-order chi connectivity index (χ0) is 23.2. The van der Waals surface area contributed by atoms with Gasteiger partial charge in [-0.25, -0.2) is 14.8 Å². The van der Waals surface area contributed by atoms with Crippen molar-refractivity contribution in [2.24, 2.45) is 0 Å². The molecule has 0 aliphatic carbocycles. The van der Waals surface area contributed by atoms with E-state index >= 15 is 0 Å².